The summed E-state index contributed by atoms with van der Waals surface area (Å²) in [5, 5.41) is 0. The molecule has 0 bridgehead atoms. The molecule has 20 heavy (non-hydrogen) atoms. The molecular formula is C19H18S. The first-order valence-corrected chi connectivity index (χ1v) is 6.56. The number of benzene rings is 3. The molecule has 0 nitrogen and oxygen atoms in total. The van der Waals surface area contributed by atoms with Gasteiger partial charge >= 0.3 is 0 Å². The predicted octanol–water partition coefficient (Wildman–Crippen LogP) is 5.44. The summed E-state index contributed by atoms with van der Waals surface area (Å²) in [5.74, 6) is 0. The van der Waals surface area contributed by atoms with Gasteiger partial charge in [-0.15, -0.1) is 0 Å². The van der Waals surface area contributed by atoms with Gasteiger partial charge in [0.25, 0.3) is 0 Å². The minimum absolute atomic E-state index is 0. The van der Waals surface area contributed by atoms with E-state index in [-0.39, 0.29) is 13.5 Å². The van der Waals surface area contributed by atoms with Crippen LogP contribution in [0, 0.1) is 6.92 Å². The lowest BCUT2D eigenvalue weighted by molar-refractivity contribution is 1.46. The van der Waals surface area contributed by atoms with Crippen LogP contribution >= 0.6 is 13.5 Å². The third kappa shape index (κ3) is 2.94. The molecule has 100 valence electrons. The van der Waals surface area contributed by atoms with Gasteiger partial charge in [0.15, 0.2) is 0 Å². The van der Waals surface area contributed by atoms with Crippen LogP contribution in [0.2, 0.25) is 0 Å². The Hall–Kier alpha value is -1.99. The molecule has 0 aliphatic heterocycles. The van der Waals surface area contributed by atoms with E-state index >= 15 is 0 Å². The van der Waals surface area contributed by atoms with Crippen LogP contribution in [-0.4, -0.2) is 0 Å². The molecule has 3 aromatic carbocycles. The summed E-state index contributed by atoms with van der Waals surface area (Å²) in [6, 6.07) is 27.8. The van der Waals surface area contributed by atoms with E-state index in [1.807, 2.05) is 6.07 Å². The van der Waals surface area contributed by atoms with Crippen molar-refractivity contribution in [3.05, 3.63) is 84.4 Å². The SMILES string of the molecule is Cc1ccccc1-c1ccc(-c2ccccc2)cc1.S. The van der Waals surface area contributed by atoms with E-state index in [1.54, 1.807) is 0 Å². The standard InChI is InChI=1S/C19H16.H2S/c1-15-7-5-6-10-19(15)18-13-11-17(12-14-18)16-8-3-2-4-9-16;/h2-14H,1H3;1H2. The van der Waals surface area contributed by atoms with Crippen molar-refractivity contribution in [1.29, 1.82) is 0 Å². The smallest absolute Gasteiger partial charge is 0.0155 e. The molecule has 0 atom stereocenters. The molecule has 0 amide bonds. The maximum atomic E-state index is 2.20. The predicted molar refractivity (Wildman–Crippen MR) is 92.4 cm³/mol. The van der Waals surface area contributed by atoms with Crippen molar-refractivity contribution >= 4 is 13.5 Å². The summed E-state index contributed by atoms with van der Waals surface area (Å²) in [7, 11) is 0. The van der Waals surface area contributed by atoms with Gasteiger partial charge in [-0.3, -0.25) is 0 Å². The van der Waals surface area contributed by atoms with Crippen molar-refractivity contribution in [2.75, 3.05) is 0 Å². The average molecular weight is 278 g/mol. The van der Waals surface area contributed by atoms with Crippen LogP contribution in [0.15, 0.2) is 78.9 Å². The maximum Gasteiger partial charge on any atom is -0.0155 e. The van der Waals surface area contributed by atoms with Crippen LogP contribution in [0.25, 0.3) is 22.3 Å². The number of hydrogen-bond acceptors (Lipinski definition) is 0. The molecule has 3 rings (SSSR count). The van der Waals surface area contributed by atoms with Gasteiger partial charge in [-0.2, -0.15) is 13.5 Å². The Morgan fingerprint density at radius 3 is 1.65 bits per heavy atom. The van der Waals surface area contributed by atoms with E-state index in [0.29, 0.717) is 0 Å². The maximum absolute atomic E-state index is 2.20. The monoisotopic (exact) mass is 278 g/mol. The zero-order chi connectivity index (χ0) is 13.1. The number of hydrogen-bond donors (Lipinski definition) is 0. The number of rotatable bonds is 2. The Balaban J connectivity index is 0.00000147. The minimum Gasteiger partial charge on any atom is -0.197 e. The molecule has 0 heterocycles. The highest BCUT2D eigenvalue weighted by atomic mass is 32.1. The molecular weight excluding hydrogens is 260 g/mol. The van der Waals surface area contributed by atoms with Gasteiger partial charge < -0.3 is 0 Å². The lowest BCUT2D eigenvalue weighted by Crippen LogP contribution is -1.83. The second-order valence-corrected chi connectivity index (χ2v) is 4.76. The van der Waals surface area contributed by atoms with Gasteiger partial charge in [-0.05, 0) is 34.7 Å². The lowest BCUT2D eigenvalue weighted by atomic mass is 9.98. The first-order chi connectivity index (χ1) is 9.34. The normalized spacial score (nSPS) is 9.85. The van der Waals surface area contributed by atoms with Gasteiger partial charge in [0, 0.05) is 0 Å². The molecule has 0 aromatic heterocycles. The molecule has 1 heteroatoms. The molecule has 0 aliphatic rings. The first-order valence-electron chi connectivity index (χ1n) is 6.56. The molecule has 0 radical (unpaired) electrons. The van der Waals surface area contributed by atoms with Gasteiger partial charge in [0.05, 0.1) is 0 Å². The highest BCUT2D eigenvalue weighted by Crippen LogP contribution is 2.26. The summed E-state index contributed by atoms with van der Waals surface area (Å²) in [5.41, 5.74) is 6.42. The minimum atomic E-state index is 0. The van der Waals surface area contributed by atoms with Crippen LogP contribution in [-0.2, 0) is 0 Å². The molecule has 0 spiro atoms. The molecule has 0 N–H and O–H groups in total. The van der Waals surface area contributed by atoms with Crippen molar-refractivity contribution in [2.45, 2.75) is 6.92 Å². The summed E-state index contributed by atoms with van der Waals surface area (Å²) in [4.78, 5) is 0. The zero-order valence-corrected chi connectivity index (χ0v) is 12.5. The van der Waals surface area contributed by atoms with Crippen molar-refractivity contribution in [3.63, 3.8) is 0 Å². The summed E-state index contributed by atoms with van der Waals surface area (Å²) in [6.07, 6.45) is 0. The average Bonchev–Trinajstić information content (AvgIpc) is 2.49. The summed E-state index contributed by atoms with van der Waals surface area (Å²) < 4.78 is 0. The fourth-order valence-corrected chi connectivity index (χ4v) is 2.37. The van der Waals surface area contributed by atoms with Crippen LogP contribution in [0.1, 0.15) is 5.56 Å². The second kappa shape index (κ2) is 6.44. The molecule has 0 fully saturated rings. The van der Waals surface area contributed by atoms with Crippen molar-refractivity contribution in [2.24, 2.45) is 0 Å². The zero-order valence-electron chi connectivity index (χ0n) is 11.5. The Morgan fingerprint density at radius 1 is 0.500 bits per heavy atom. The van der Waals surface area contributed by atoms with E-state index < -0.39 is 0 Å². The Bertz CT molecular complexity index is 670. The Kier molecular flexibility index (Phi) is 4.65. The largest absolute Gasteiger partial charge is 0.197 e. The molecule has 0 aliphatic carbocycles. The van der Waals surface area contributed by atoms with E-state index in [1.165, 1.54) is 27.8 Å². The Morgan fingerprint density at radius 2 is 1.00 bits per heavy atom. The van der Waals surface area contributed by atoms with E-state index in [0.717, 1.165) is 0 Å². The van der Waals surface area contributed by atoms with Crippen molar-refractivity contribution < 1.29 is 0 Å². The number of aryl methyl sites for hydroxylation is 1. The van der Waals surface area contributed by atoms with Gasteiger partial charge in [0.2, 0.25) is 0 Å². The second-order valence-electron chi connectivity index (χ2n) is 4.76. The van der Waals surface area contributed by atoms with Crippen molar-refractivity contribution in [3.8, 4) is 22.3 Å². The van der Waals surface area contributed by atoms with Crippen LogP contribution < -0.4 is 0 Å². The lowest BCUT2D eigenvalue weighted by Gasteiger charge is -2.07. The Labute approximate surface area is 127 Å². The first kappa shape index (κ1) is 14.4. The van der Waals surface area contributed by atoms with Crippen LogP contribution in [0.4, 0.5) is 0 Å². The summed E-state index contributed by atoms with van der Waals surface area (Å²) in [6.45, 7) is 2.15. The van der Waals surface area contributed by atoms with Gasteiger partial charge in [0.1, 0.15) is 0 Å². The van der Waals surface area contributed by atoms with Gasteiger partial charge in [-0.1, -0.05) is 78.9 Å². The van der Waals surface area contributed by atoms with Crippen LogP contribution in [0.3, 0.4) is 0 Å². The van der Waals surface area contributed by atoms with E-state index in [4.69, 9.17) is 0 Å². The fourth-order valence-electron chi connectivity index (χ4n) is 2.37. The quantitative estimate of drug-likeness (QED) is 0.585. The van der Waals surface area contributed by atoms with Gasteiger partial charge in [-0.25, -0.2) is 0 Å². The van der Waals surface area contributed by atoms with Crippen LogP contribution in [0.5, 0.6) is 0 Å². The third-order valence-corrected chi connectivity index (χ3v) is 3.45. The topological polar surface area (TPSA) is 0 Å². The summed E-state index contributed by atoms with van der Waals surface area (Å²) >= 11 is 0. The molecule has 0 unspecified atom stereocenters. The highest BCUT2D eigenvalue weighted by molar-refractivity contribution is 7.59. The molecule has 0 saturated heterocycles. The van der Waals surface area contributed by atoms with E-state index in [2.05, 4.69) is 79.7 Å². The molecule has 3 aromatic rings. The van der Waals surface area contributed by atoms with Crippen molar-refractivity contribution in [1.82, 2.24) is 0 Å². The highest BCUT2D eigenvalue weighted by Gasteiger charge is 2.01. The molecule has 0 saturated carbocycles. The van der Waals surface area contributed by atoms with E-state index in [9.17, 15) is 0 Å². The third-order valence-electron chi connectivity index (χ3n) is 3.45. The fraction of sp³-hybridized carbons (Fsp3) is 0.0526.